The average Bonchev–Trinajstić information content (AvgIpc) is 1.72. The highest BCUT2D eigenvalue weighted by atomic mass is 35.6. The van der Waals surface area contributed by atoms with Gasteiger partial charge in [0.05, 0.1) is 97.0 Å². The summed E-state index contributed by atoms with van der Waals surface area (Å²) < 4.78 is 106. The van der Waals surface area contributed by atoms with Crippen LogP contribution in [0.4, 0.5) is 4.79 Å². The summed E-state index contributed by atoms with van der Waals surface area (Å²) in [5.74, 6) is -2.18. The first-order valence-corrected chi connectivity index (χ1v) is 47.8. The van der Waals surface area contributed by atoms with Crippen molar-refractivity contribution in [3.05, 3.63) is 192 Å². The monoisotopic (exact) mass is 1770 g/mol. The van der Waals surface area contributed by atoms with Crippen LogP contribution in [-0.2, 0) is 124 Å². The van der Waals surface area contributed by atoms with Crippen molar-refractivity contribution in [2.24, 2.45) is 0 Å². The largest absolute Gasteiger partial charge is 0.475 e. The van der Waals surface area contributed by atoms with Crippen molar-refractivity contribution < 1.29 is 94.5 Å². The van der Waals surface area contributed by atoms with E-state index in [2.05, 4.69) is 38.0 Å². The topological polar surface area (TPSA) is 259 Å². The maximum Gasteiger partial charge on any atom is 0.475 e. The number of benzene rings is 5. The minimum Gasteiger partial charge on any atom is -0.457 e. The Kier molecular flexibility index (Phi) is 49.3. The van der Waals surface area contributed by atoms with E-state index in [1.54, 1.807) is 24.3 Å². The van der Waals surface area contributed by atoms with Crippen molar-refractivity contribution in [1.29, 1.82) is 0 Å². The van der Waals surface area contributed by atoms with Crippen LogP contribution >= 0.6 is 42.6 Å². The fraction of sp³-hybridized carbons (Fsp3) is 0.625. The second-order valence-corrected chi connectivity index (χ2v) is 36.5. The number of amides is 2. The third kappa shape index (κ3) is 39.6. The summed E-state index contributed by atoms with van der Waals surface area (Å²) >= 11 is 18.9. The lowest BCUT2D eigenvalue weighted by molar-refractivity contribution is -0.332. The molecule has 2 amide bonds. The van der Waals surface area contributed by atoms with Crippen LogP contribution < -0.4 is 10.6 Å². The zero-order valence-corrected chi connectivity index (χ0v) is 75.5. The van der Waals surface area contributed by atoms with Crippen molar-refractivity contribution >= 4 is 66.6 Å². The molecule has 13 atom stereocenters. The van der Waals surface area contributed by atoms with E-state index in [1.165, 1.54) is 70.3 Å². The second kappa shape index (κ2) is 59.2. The number of carbonyl (C=O) groups excluding carboxylic acids is 4. The smallest absolute Gasteiger partial charge is 0.457 e. The van der Waals surface area contributed by atoms with Crippen molar-refractivity contribution in [2.45, 2.75) is 356 Å². The molecule has 0 saturated carbocycles. The SMILES string of the molecule is C=CCO[C@H]1O[C@H](CO)[C@@H](O[C@@H]2O[C@H](COCc3ccccc3)[C@@H](OP3(=O)OCc4ccccc4CO3)[C@H](OC(=O)C[C@@H](CCCCCCCCCCC)OCc3ccccc3)[C@H]2NC(=O)OCC(Cl)(Cl)Cl)[C@H](OC(=O)C[C@@H](CCCCCCCCCCC)OCc2ccccc2)[C@H]1NC(=O)C[C@H](CCCCCCCCCCC)OCc1ccccc1. The van der Waals surface area contributed by atoms with Gasteiger partial charge in [0, 0.05) is 0 Å². The summed E-state index contributed by atoms with van der Waals surface area (Å²) in [5, 5.41) is 17.9. The molecule has 26 heteroatoms. The number of carbonyl (C=O) groups is 4. The number of halogens is 3. The number of fused-ring (bicyclic) bond motifs is 1. The Balaban J connectivity index is 1.23. The molecule has 2 fully saturated rings. The third-order valence-corrected chi connectivity index (χ3v) is 24.0. The molecule has 0 aromatic heterocycles. The van der Waals surface area contributed by atoms with E-state index < -0.39 is 135 Å². The van der Waals surface area contributed by atoms with Gasteiger partial charge in [-0.25, -0.2) is 9.36 Å². The molecule has 122 heavy (non-hydrogen) atoms. The number of ether oxygens (including phenoxy) is 11. The quantitative estimate of drug-likeness (QED) is 0.00816. The highest BCUT2D eigenvalue weighted by Gasteiger charge is 2.58. The molecule has 3 aliphatic rings. The molecule has 0 aliphatic carbocycles. The Bertz CT molecular complexity index is 3680. The Labute approximate surface area is 741 Å². The Hall–Kier alpha value is -5.86. The van der Waals surface area contributed by atoms with Crippen LogP contribution in [0.1, 0.15) is 266 Å². The number of phosphoric acid groups is 1. The van der Waals surface area contributed by atoms with Gasteiger partial charge in [0.15, 0.2) is 24.8 Å². The predicted octanol–water partition coefficient (Wildman–Crippen LogP) is 21.9. The summed E-state index contributed by atoms with van der Waals surface area (Å²) in [7, 11) is -4.83. The molecule has 8 rings (SSSR count). The third-order valence-electron chi connectivity index (χ3n) is 22.3. The number of alkyl halides is 3. The molecule has 678 valence electrons. The molecule has 3 N–H and O–H groups in total. The highest BCUT2D eigenvalue weighted by Crippen LogP contribution is 2.55. The Morgan fingerprint density at radius 2 is 0.861 bits per heavy atom. The fourth-order valence-corrected chi connectivity index (χ4v) is 17.0. The fourth-order valence-electron chi connectivity index (χ4n) is 15.5. The van der Waals surface area contributed by atoms with Crippen molar-refractivity contribution in [3.63, 3.8) is 0 Å². The number of nitrogens with one attached hydrogen (secondary N) is 2. The maximum absolute atomic E-state index is 15.7. The van der Waals surface area contributed by atoms with E-state index in [-0.39, 0.29) is 65.5 Å². The summed E-state index contributed by atoms with van der Waals surface area (Å²) in [4.78, 5) is 61.7. The molecule has 5 aromatic carbocycles. The van der Waals surface area contributed by atoms with Gasteiger partial charge in [-0.15, -0.1) is 6.58 Å². The van der Waals surface area contributed by atoms with E-state index in [4.69, 9.17) is 100 Å². The molecule has 5 aromatic rings. The number of unbranched alkanes of at least 4 members (excludes halogenated alkanes) is 24. The molecule has 2 saturated heterocycles. The van der Waals surface area contributed by atoms with Crippen LogP contribution in [0.15, 0.2) is 158 Å². The van der Waals surface area contributed by atoms with Gasteiger partial charge in [-0.05, 0) is 52.6 Å². The lowest BCUT2D eigenvalue weighted by Crippen LogP contribution is -2.70. The zero-order chi connectivity index (χ0) is 86.7. The van der Waals surface area contributed by atoms with Crippen molar-refractivity contribution in [2.75, 3.05) is 26.4 Å². The maximum atomic E-state index is 15.7. The van der Waals surface area contributed by atoms with Gasteiger partial charge in [-0.3, -0.25) is 28.0 Å². The van der Waals surface area contributed by atoms with Gasteiger partial charge < -0.3 is 67.8 Å². The van der Waals surface area contributed by atoms with Crippen LogP contribution in [0.25, 0.3) is 0 Å². The zero-order valence-electron chi connectivity index (χ0n) is 72.3. The normalized spacial score (nSPS) is 21.0. The second-order valence-electron chi connectivity index (χ2n) is 32.4. The van der Waals surface area contributed by atoms with Crippen LogP contribution in [0, 0.1) is 0 Å². The summed E-state index contributed by atoms with van der Waals surface area (Å²) in [5.41, 5.74) is 4.74. The molecule has 0 spiro atoms. The van der Waals surface area contributed by atoms with Crippen LogP contribution in [0.5, 0.6) is 0 Å². The van der Waals surface area contributed by atoms with Gasteiger partial charge in [0.2, 0.25) is 9.70 Å². The molecule has 3 heterocycles. The van der Waals surface area contributed by atoms with E-state index in [1.807, 2.05) is 121 Å². The summed E-state index contributed by atoms with van der Waals surface area (Å²) in [6.07, 6.45) is 14.2. The Morgan fingerprint density at radius 1 is 0.484 bits per heavy atom. The summed E-state index contributed by atoms with van der Waals surface area (Å²) in [6.45, 7) is 8.36. The van der Waals surface area contributed by atoms with Crippen LogP contribution in [0.2, 0.25) is 0 Å². The van der Waals surface area contributed by atoms with Crippen molar-refractivity contribution in [1.82, 2.24) is 10.6 Å². The number of phosphoric ester groups is 1. The van der Waals surface area contributed by atoms with E-state index in [0.29, 0.717) is 36.8 Å². The first-order valence-electron chi connectivity index (χ1n) is 45.2. The lowest BCUT2D eigenvalue weighted by Gasteiger charge is -2.50. The molecule has 0 bridgehead atoms. The number of aliphatic hydroxyl groups excluding tert-OH is 1. The number of esters is 2. The van der Waals surface area contributed by atoms with Crippen LogP contribution in [-0.4, -0.2) is 139 Å². The molecule has 3 aliphatic heterocycles. The predicted molar refractivity (Wildman–Crippen MR) is 475 cm³/mol. The average molecular weight is 1780 g/mol. The molecular weight excluding hydrogens is 1640 g/mol. The standard InChI is InChI=1S/C96H138Cl3N2O20P/c1-5-9-12-15-18-21-24-27-42-57-79(110-66-74-49-36-31-37-50-74)61-84(103)100-87-91(118-85(104)62-80(111-67-75-51-38-32-39-52-75)58-43-28-25-22-19-16-13-10-6-2)89(82(64-102)116-93(87)109-60-8-4)120-94-88(101-95(106)113-72-96(97,98)99)92(119-86(105)63-81(112-68-76-53-40-33-41-54-76)59-44-29-26-23-20-17-14-11-7-3)90(83(117-94)71-108-65-73-47-34-30-35-48-73)121-122(107)114-69-77-55-45-46-56-78(77)70-115-122/h8,30-41,45-56,79-83,87-94,102H,4-7,9-29,42-44,57-72H2,1-3H3,(H,100,103)(H,101,106)/t79-,80+,81+,82+,83+,87+,88+,89+,90+,91+,92+,93-,94-/m0/s1. The van der Waals surface area contributed by atoms with Gasteiger partial charge in [-0.2, -0.15) is 0 Å². The first-order chi connectivity index (χ1) is 59.4. The molecular formula is C96H138Cl3N2O20P. The van der Waals surface area contributed by atoms with Gasteiger partial charge in [0.1, 0.15) is 43.1 Å². The number of hydrogen-bond acceptors (Lipinski definition) is 20. The molecule has 0 radical (unpaired) electrons. The molecule has 0 unspecified atom stereocenters. The number of aliphatic hydroxyl groups is 1. The number of rotatable bonds is 62. The van der Waals surface area contributed by atoms with E-state index >= 15 is 18.9 Å². The van der Waals surface area contributed by atoms with Gasteiger partial charge in [0.25, 0.3) is 0 Å². The van der Waals surface area contributed by atoms with Gasteiger partial charge in [-0.1, -0.05) is 381 Å². The van der Waals surface area contributed by atoms with Crippen LogP contribution in [0.3, 0.4) is 0 Å². The number of hydrogen-bond donors (Lipinski definition) is 3. The van der Waals surface area contributed by atoms with Gasteiger partial charge >= 0.3 is 25.9 Å². The minimum absolute atomic E-state index is 0.0191. The van der Waals surface area contributed by atoms with Crippen molar-refractivity contribution in [3.8, 4) is 0 Å². The minimum atomic E-state index is -4.83. The molecule has 22 nitrogen and oxygen atoms in total. The number of alkyl carbamates (subject to hydrolysis) is 1. The first kappa shape index (κ1) is 102. The highest BCUT2D eigenvalue weighted by molar-refractivity contribution is 7.48. The Morgan fingerprint density at radius 3 is 1.27 bits per heavy atom. The van der Waals surface area contributed by atoms with E-state index in [9.17, 15) is 9.90 Å². The summed E-state index contributed by atoms with van der Waals surface area (Å²) in [6, 6.07) is 42.1. The lowest BCUT2D eigenvalue weighted by atomic mass is 9.93. The van der Waals surface area contributed by atoms with E-state index in [0.717, 1.165) is 125 Å².